The van der Waals surface area contributed by atoms with E-state index >= 15 is 0 Å². The van der Waals surface area contributed by atoms with Crippen LogP contribution in [0.4, 0.5) is 0 Å². The molecule has 84 valence electrons. The van der Waals surface area contributed by atoms with Crippen molar-refractivity contribution in [3.8, 4) is 0 Å². The molecule has 1 heterocycles. The molecule has 5 nitrogen and oxygen atoms in total. The van der Waals surface area contributed by atoms with Gasteiger partial charge in [0, 0.05) is 19.3 Å². The van der Waals surface area contributed by atoms with Crippen molar-refractivity contribution in [2.45, 2.75) is 13.3 Å². The molecule has 0 aliphatic carbocycles. The Morgan fingerprint density at radius 1 is 1.67 bits per heavy atom. The van der Waals surface area contributed by atoms with Crippen molar-refractivity contribution in [1.82, 2.24) is 20.4 Å². The molecule has 5 heteroatoms. The second-order valence-corrected chi connectivity index (χ2v) is 3.59. The highest BCUT2D eigenvalue weighted by atomic mass is 16.2. The first-order valence-electron chi connectivity index (χ1n) is 5.07. The van der Waals surface area contributed by atoms with E-state index in [0.717, 1.165) is 25.2 Å². The monoisotopic (exact) mass is 210 g/mol. The second kappa shape index (κ2) is 5.50. The summed E-state index contributed by atoms with van der Waals surface area (Å²) in [7, 11) is 3.71. The molecule has 0 aromatic carbocycles. The summed E-state index contributed by atoms with van der Waals surface area (Å²) in [6, 6.07) is 0. The fraction of sp³-hybridized carbons (Fsp3) is 0.600. The minimum Gasteiger partial charge on any atom is -0.342 e. The van der Waals surface area contributed by atoms with E-state index in [1.54, 1.807) is 11.1 Å². The lowest BCUT2D eigenvalue weighted by Gasteiger charge is -2.16. The van der Waals surface area contributed by atoms with Crippen molar-refractivity contribution in [1.29, 1.82) is 0 Å². The van der Waals surface area contributed by atoms with Crippen LogP contribution in [0.1, 0.15) is 22.5 Å². The number of nitrogens with zero attached hydrogens (tertiary/aromatic N) is 2. The Kier molecular flexibility index (Phi) is 4.30. The van der Waals surface area contributed by atoms with Gasteiger partial charge < -0.3 is 10.2 Å². The van der Waals surface area contributed by atoms with Crippen LogP contribution in [-0.2, 0) is 0 Å². The normalized spacial score (nSPS) is 10.3. The lowest BCUT2D eigenvalue weighted by molar-refractivity contribution is 0.0793. The summed E-state index contributed by atoms with van der Waals surface area (Å²) in [5.41, 5.74) is 1.47. The van der Waals surface area contributed by atoms with Crippen LogP contribution in [0.15, 0.2) is 6.20 Å². The van der Waals surface area contributed by atoms with Crippen molar-refractivity contribution in [3.63, 3.8) is 0 Å². The number of rotatable bonds is 5. The largest absolute Gasteiger partial charge is 0.342 e. The molecule has 0 saturated heterocycles. The predicted molar refractivity (Wildman–Crippen MR) is 58.8 cm³/mol. The first-order valence-corrected chi connectivity index (χ1v) is 5.07. The Balaban J connectivity index is 2.50. The number of H-pyrrole nitrogens is 1. The highest BCUT2D eigenvalue weighted by molar-refractivity contribution is 5.94. The van der Waals surface area contributed by atoms with E-state index in [0.29, 0.717) is 5.56 Å². The smallest absolute Gasteiger partial charge is 0.257 e. The first-order chi connectivity index (χ1) is 7.16. The van der Waals surface area contributed by atoms with Crippen LogP contribution in [0.3, 0.4) is 0 Å². The van der Waals surface area contributed by atoms with Crippen molar-refractivity contribution < 1.29 is 4.79 Å². The fourth-order valence-corrected chi connectivity index (χ4v) is 1.37. The van der Waals surface area contributed by atoms with Crippen LogP contribution >= 0.6 is 0 Å². The molecule has 0 radical (unpaired) electrons. The van der Waals surface area contributed by atoms with Crippen LogP contribution < -0.4 is 5.32 Å². The van der Waals surface area contributed by atoms with E-state index in [1.165, 1.54) is 0 Å². The zero-order valence-corrected chi connectivity index (χ0v) is 9.50. The molecule has 0 aliphatic rings. The molecule has 0 unspecified atom stereocenters. The van der Waals surface area contributed by atoms with Gasteiger partial charge in [-0.25, -0.2) is 0 Å². The Morgan fingerprint density at radius 3 is 2.93 bits per heavy atom. The Labute approximate surface area is 89.9 Å². The molecule has 1 aromatic heterocycles. The standard InChI is InChI=1S/C10H18N4O/c1-8-9(7-12-13-8)10(15)14(3)6-4-5-11-2/h7,11H,4-6H2,1-3H3,(H,12,13). The molecule has 0 fully saturated rings. The molecule has 2 N–H and O–H groups in total. The molecule has 1 aromatic rings. The molecule has 0 atom stereocenters. The Hall–Kier alpha value is -1.36. The minimum absolute atomic E-state index is 0.0253. The maximum absolute atomic E-state index is 11.9. The van der Waals surface area contributed by atoms with E-state index in [4.69, 9.17) is 0 Å². The zero-order chi connectivity index (χ0) is 11.3. The van der Waals surface area contributed by atoms with Crippen LogP contribution in [0.25, 0.3) is 0 Å². The van der Waals surface area contributed by atoms with Crippen molar-refractivity contribution in [2.75, 3.05) is 27.2 Å². The summed E-state index contributed by atoms with van der Waals surface area (Å²) in [6.45, 7) is 3.52. The molecular weight excluding hydrogens is 192 g/mol. The number of nitrogens with one attached hydrogen (secondary N) is 2. The Morgan fingerprint density at radius 2 is 2.40 bits per heavy atom. The van der Waals surface area contributed by atoms with Gasteiger partial charge in [0.2, 0.25) is 0 Å². The lowest BCUT2D eigenvalue weighted by atomic mass is 10.2. The molecule has 0 spiro atoms. The van der Waals surface area contributed by atoms with Gasteiger partial charge in [-0.15, -0.1) is 0 Å². The maximum Gasteiger partial charge on any atom is 0.257 e. The highest BCUT2D eigenvalue weighted by Gasteiger charge is 2.14. The predicted octanol–water partition coefficient (Wildman–Crippen LogP) is 0.400. The maximum atomic E-state index is 11.9. The number of carbonyl (C=O) groups excluding carboxylic acids is 1. The molecule has 0 saturated carbocycles. The molecule has 15 heavy (non-hydrogen) atoms. The summed E-state index contributed by atoms with van der Waals surface area (Å²) in [4.78, 5) is 13.6. The second-order valence-electron chi connectivity index (χ2n) is 3.59. The van der Waals surface area contributed by atoms with Crippen LogP contribution in [0.2, 0.25) is 0 Å². The van der Waals surface area contributed by atoms with E-state index in [-0.39, 0.29) is 5.91 Å². The summed E-state index contributed by atoms with van der Waals surface area (Å²) < 4.78 is 0. The zero-order valence-electron chi connectivity index (χ0n) is 9.50. The topological polar surface area (TPSA) is 61.0 Å². The molecule has 0 bridgehead atoms. The number of carbonyl (C=O) groups is 1. The van der Waals surface area contributed by atoms with Crippen molar-refractivity contribution in [3.05, 3.63) is 17.5 Å². The number of aromatic amines is 1. The van der Waals surface area contributed by atoms with E-state index in [9.17, 15) is 4.79 Å². The molecule has 1 rings (SSSR count). The average Bonchev–Trinajstić information content (AvgIpc) is 2.63. The van der Waals surface area contributed by atoms with Gasteiger partial charge in [-0.1, -0.05) is 0 Å². The highest BCUT2D eigenvalue weighted by Crippen LogP contribution is 2.06. The van der Waals surface area contributed by atoms with Crippen LogP contribution in [-0.4, -0.2) is 48.2 Å². The van der Waals surface area contributed by atoms with Gasteiger partial charge in [0.25, 0.3) is 5.91 Å². The third-order valence-electron chi connectivity index (χ3n) is 2.33. The molecule has 0 aliphatic heterocycles. The van der Waals surface area contributed by atoms with Gasteiger partial charge in [0.05, 0.1) is 11.8 Å². The summed E-state index contributed by atoms with van der Waals surface area (Å²) >= 11 is 0. The number of hydrogen-bond acceptors (Lipinski definition) is 3. The van der Waals surface area contributed by atoms with E-state index in [2.05, 4.69) is 15.5 Å². The summed E-state index contributed by atoms with van der Waals surface area (Å²) in [5.74, 6) is 0.0253. The number of amides is 1. The SMILES string of the molecule is CNCCCN(C)C(=O)c1cn[nH]c1C. The summed E-state index contributed by atoms with van der Waals surface area (Å²) in [5, 5.41) is 9.65. The number of aryl methyl sites for hydroxylation is 1. The Bertz CT molecular complexity index is 321. The van der Waals surface area contributed by atoms with Crippen LogP contribution in [0.5, 0.6) is 0 Å². The summed E-state index contributed by atoms with van der Waals surface area (Å²) in [6.07, 6.45) is 2.53. The average molecular weight is 210 g/mol. The minimum atomic E-state index is 0.0253. The van der Waals surface area contributed by atoms with Gasteiger partial charge in [0.1, 0.15) is 0 Å². The van der Waals surface area contributed by atoms with Crippen molar-refractivity contribution in [2.24, 2.45) is 0 Å². The first kappa shape index (κ1) is 11.7. The number of aromatic nitrogens is 2. The van der Waals surface area contributed by atoms with E-state index in [1.807, 2.05) is 21.0 Å². The van der Waals surface area contributed by atoms with Crippen LogP contribution in [0, 0.1) is 6.92 Å². The van der Waals surface area contributed by atoms with E-state index < -0.39 is 0 Å². The fourth-order valence-electron chi connectivity index (χ4n) is 1.37. The van der Waals surface area contributed by atoms with Gasteiger partial charge >= 0.3 is 0 Å². The lowest BCUT2D eigenvalue weighted by Crippen LogP contribution is -2.29. The number of hydrogen-bond donors (Lipinski definition) is 2. The molecule has 1 amide bonds. The van der Waals surface area contributed by atoms with Gasteiger partial charge in [-0.3, -0.25) is 9.89 Å². The third kappa shape index (κ3) is 3.06. The molecular formula is C10H18N4O. The van der Waals surface area contributed by atoms with Crippen molar-refractivity contribution >= 4 is 5.91 Å². The van der Waals surface area contributed by atoms with Gasteiger partial charge in [-0.2, -0.15) is 5.10 Å². The third-order valence-corrected chi connectivity index (χ3v) is 2.33. The quantitative estimate of drug-likeness (QED) is 0.691. The van der Waals surface area contributed by atoms with Gasteiger partial charge in [-0.05, 0) is 26.9 Å². The van der Waals surface area contributed by atoms with Gasteiger partial charge in [0.15, 0.2) is 0 Å².